The second-order valence-corrected chi connectivity index (χ2v) is 9.48. The van der Waals surface area contributed by atoms with Gasteiger partial charge in [0.2, 0.25) is 17.6 Å². The average molecular weight is 474 g/mol. The molecule has 1 atom stereocenters. The first-order chi connectivity index (χ1) is 16.0. The van der Waals surface area contributed by atoms with Gasteiger partial charge in [0, 0.05) is 38.6 Å². The standard InChI is InChI=1S/C23H28FN5O5/c1-23(2,10-18(30)28-12-14-6-7-16(24)9-15(14)13-28)25-11-19(31)29-8-4-5-17(29)20(32)21-26-27(3)22(33)34-21/h6-7,9,17,25H,4-5,8,10-13H2,1-3H3. The summed E-state index contributed by atoms with van der Waals surface area (Å²) >= 11 is 0. The van der Waals surface area contributed by atoms with Crippen molar-refractivity contribution in [3.63, 3.8) is 0 Å². The molecule has 11 heteroatoms. The number of hydrogen-bond acceptors (Lipinski definition) is 7. The Balaban J connectivity index is 1.32. The van der Waals surface area contributed by atoms with E-state index in [9.17, 15) is 23.6 Å². The lowest BCUT2D eigenvalue weighted by atomic mass is 9.99. The van der Waals surface area contributed by atoms with E-state index >= 15 is 0 Å². The number of halogens is 1. The van der Waals surface area contributed by atoms with Gasteiger partial charge in [-0.1, -0.05) is 6.07 Å². The zero-order valence-electron chi connectivity index (χ0n) is 19.5. The molecule has 0 bridgehead atoms. The summed E-state index contributed by atoms with van der Waals surface area (Å²) in [4.78, 5) is 53.1. The molecule has 1 aromatic heterocycles. The van der Waals surface area contributed by atoms with Crippen LogP contribution in [-0.2, 0) is 29.7 Å². The zero-order valence-corrected chi connectivity index (χ0v) is 19.5. The SMILES string of the molecule is Cn1nc(C(=O)C2CCCN2C(=O)CNC(C)(C)CC(=O)N2Cc3ccc(F)cc3C2)oc1=O. The maximum absolute atomic E-state index is 13.5. The van der Waals surface area contributed by atoms with E-state index in [0.29, 0.717) is 32.5 Å². The van der Waals surface area contributed by atoms with E-state index in [2.05, 4.69) is 10.4 Å². The average Bonchev–Trinajstić information content (AvgIpc) is 3.50. The largest absolute Gasteiger partial charge is 0.437 e. The Hall–Kier alpha value is -3.34. The number of Topliss-reactive ketones (excluding diaryl/α,β-unsaturated/α-hetero) is 1. The van der Waals surface area contributed by atoms with Gasteiger partial charge < -0.3 is 19.5 Å². The van der Waals surface area contributed by atoms with Gasteiger partial charge in [-0.25, -0.2) is 9.18 Å². The fourth-order valence-corrected chi connectivity index (χ4v) is 4.43. The van der Waals surface area contributed by atoms with Crippen LogP contribution in [0.5, 0.6) is 0 Å². The van der Waals surface area contributed by atoms with Gasteiger partial charge in [-0.3, -0.25) is 14.4 Å². The summed E-state index contributed by atoms with van der Waals surface area (Å²) in [6, 6.07) is 3.81. The van der Waals surface area contributed by atoms with Crippen molar-refractivity contribution >= 4 is 17.6 Å². The molecule has 0 radical (unpaired) electrons. The number of ketones is 1. The lowest BCUT2D eigenvalue weighted by Crippen LogP contribution is -2.50. The van der Waals surface area contributed by atoms with Crippen molar-refractivity contribution in [2.45, 2.75) is 57.8 Å². The number of aromatic nitrogens is 2. The Kier molecular flexibility index (Phi) is 6.39. The first kappa shape index (κ1) is 23.8. The molecule has 10 nitrogen and oxygen atoms in total. The van der Waals surface area contributed by atoms with Crippen molar-refractivity contribution in [1.29, 1.82) is 0 Å². The van der Waals surface area contributed by atoms with Crippen molar-refractivity contribution in [2.24, 2.45) is 7.05 Å². The lowest BCUT2D eigenvalue weighted by molar-refractivity contribution is -0.134. The molecular weight excluding hydrogens is 445 g/mol. The van der Waals surface area contributed by atoms with Crippen molar-refractivity contribution in [1.82, 2.24) is 24.9 Å². The third kappa shape index (κ3) is 4.93. The monoisotopic (exact) mass is 473 g/mol. The Morgan fingerprint density at radius 3 is 2.65 bits per heavy atom. The van der Waals surface area contributed by atoms with Crippen LogP contribution in [0.1, 0.15) is 54.9 Å². The first-order valence-corrected chi connectivity index (χ1v) is 11.2. The minimum atomic E-state index is -0.737. The molecule has 0 aliphatic carbocycles. The van der Waals surface area contributed by atoms with Gasteiger partial charge in [-0.2, -0.15) is 4.68 Å². The normalized spacial score (nSPS) is 17.8. The van der Waals surface area contributed by atoms with Crippen LogP contribution in [0.4, 0.5) is 4.39 Å². The molecular formula is C23H28FN5O5. The van der Waals surface area contributed by atoms with E-state index in [1.165, 1.54) is 24.1 Å². The fraction of sp³-hybridized carbons (Fsp3) is 0.522. The number of nitrogens with one attached hydrogen (secondary N) is 1. The van der Waals surface area contributed by atoms with Gasteiger partial charge in [0.1, 0.15) is 11.9 Å². The number of fused-ring (bicyclic) bond motifs is 1. The van der Waals surface area contributed by atoms with Crippen molar-refractivity contribution in [3.05, 3.63) is 51.6 Å². The van der Waals surface area contributed by atoms with E-state index in [1.807, 2.05) is 13.8 Å². The Bertz CT molecular complexity index is 1190. The minimum absolute atomic E-state index is 0.0539. The molecule has 0 spiro atoms. The Morgan fingerprint density at radius 2 is 1.94 bits per heavy atom. The van der Waals surface area contributed by atoms with Crippen molar-refractivity contribution in [2.75, 3.05) is 13.1 Å². The number of amides is 2. The second-order valence-electron chi connectivity index (χ2n) is 9.48. The molecule has 1 N–H and O–H groups in total. The van der Waals surface area contributed by atoms with Gasteiger partial charge in [0.15, 0.2) is 0 Å². The molecule has 0 saturated carbocycles. The van der Waals surface area contributed by atoms with Gasteiger partial charge in [0.05, 0.1) is 6.54 Å². The van der Waals surface area contributed by atoms with Crippen LogP contribution in [0.15, 0.2) is 27.4 Å². The van der Waals surface area contributed by atoms with Crippen LogP contribution < -0.4 is 11.1 Å². The summed E-state index contributed by atoms with van der Waals surface area (Å²) in [5.41, 5.74) is 1.06. The first-order valence-electron chi connectivity index (χ1n) is 11.2. The molecule has 1 saturated heterocycles. The number of nitrogens with zero attached hydrogens (tertiary/aromatic N) is 4. The molecule has 3 heterocycles. The number of aryl methyl sites for hydroxylation is 1. The van der Waals surface area contributed by atoms with E-state index in [0.717, 1.165) is 15.8 Å². The van der Waals surface area contributed by atoms with Gasteiger partial charge >= 0.3 is 5.76 Å². The molecule has 1 aromatic carbocycles. The van der Waals surface area contributed by atoms with Crippen molar-refractivity contribution < 1.29 is 23.2 Å². The summed E-state index contributed by atoms with van der Waals surface area (Å²) in [6.45, 7) is 4.82. The van der Waals surface area contributed by atoms with Crippen LogP contribution in [0.3, 0.4) is 0 Å². The van der Waals surface area contributed by atoms with E-state index in [-0.39, 0.29) is 36.5 Å². The highest BCUT2D eigenvalue weighted by Crippen LogP contribution is 2.25. The van der Waals surface area contributed by atoms with E-state index in [1.54, 1.807) is 11.0 Å². The van der Waals surface area contributed by atoms with Crippen LogP contribution in [0, 0.1) is 5.82 Å². The highest BCUT2D eigenvalue weighted by atomic mass is 19.1. The van der Waals surface area contributed by atoms with E-state index in [4.69, 9.17) is 4.42 Å². The lowest BCUT2D eigenvalue weighted by Gasteiger charge is -2.30. The summed E-state index contributed by atoms with van der Waals surface area (Å²) in [6.07, 6.45) is 1.26. The van der Waals surface area contributed by atoms with Crippen LogP contribution in [-0.4, -0.2) is 61.8 Å². The topological polar surface area (TPSA) is 118 Å². The molecule has 1 fully saturated rings. The molecule has 34 heavy (non-hydrogen) atoms. The smallest absolute Gasteiger partial charge is 0.384 e. The van der Waals surface area contributed by atoms with Gasteiger partial charge in [-0.15, -0.1) is 5.10 Å². The summed E-state index contributed by atoms with van der Waals surface area (Å²) in [7, 11) is 1.38. The molecule has 2 aromatic rings. The Morgan fingerprint density at radius 1 is 1.21 bits per heavy atom. The zero-order chi connectivity index (χ0) is 24.6. The third-order valence-electron chi connectivity index (χ3n) is 6.33. The van der Waals surface area contributed by atoms with Gasteiger partial charge in [-0.05, 0) is 49.9 Å². The predicted molar refractivity (Wildman–Crippen MR) is 118 cm³/mol. The number of benzene rings is 1. The maximum Gasteiger partial charge on any atom is 0.437 e. The molecule has 2 aliphatic rings. The number of likely N-dealkylation sites (tertiary alicyclic amines) is 1. The summed E-state index contributed by atoms with van der Waals surface area (Å²) in [5.74, 6) is -2.23. The maximum atomic E-state index is 13.5. The molecule has 182 valence electrons. The number of carbonyl (C=O) groups is 3. The van der Waals surface area contributed by atoms with Crippen LogP contribution in [0.2, 0.25) is 0 Å². The number of hydrogen-bond donors (Lipinski definition) is 1. The fourth-order valence-electron chi connectivity index (χ4n) is 4.43. The van der Waals surface area contributed by atoms with Gasteiger partial charge in [0.25, 0.3) is 5.89 Å². The Labute approximate surface area is 195 Å². The molecule has 1 unspecified atom stereocenters. The summed E-state index contributed by atoms with van der Waals surface area (Å²) < 4.78 is 19.3. The molecule has 2 amide bonds. The van der Waals surface area contributed by atoms with Crippen LogP contribution in [0.25, 0.3) is 0 Å². The number of carbonyl (C=O) groups excluding carboxylic acids is 3. The minimum Gasteiger partial charge on any atom is -0.384 e. The van der Waals surface area contributed by atoms with E-state index < -0.39 is 23.1 Å². The molecule has 2 aliphatic heterocycles. The highest BCUT2D eigenvalue weighted by molar-refractivity contribution is 5.98. The van der Waals surface area contributed by atoms with Crippen LogP contribution >= 0.6 is 0 Å². The quantitative estimate of drug-likeness (QED) is 0.596. The van der Waals surface area contributed by atoms with Crippen molar-refractivity contribution in [3.8, 4) is 0 Å². The highest BCUT2D eigenvalue weighted by Gasteiger charge is 2.37. The predicted octanol–water partition coefficient (Wildman–Crippen LogP) is 0.987. The summed E-state index contributed by atoms with van der Waals surface area (Å²) in [5, 5.41) is 6.92. The molecule has 4 rings (SSSR count). The third-order valence-corrected chi connectivity index (χ3v) is 6.33. The second kappa shape index (κ2) is 9.13. The number of rotatable bonds is 7.